The molecule has 1 aliphatic rings. The number of imidazole rings is 1. The summed E-state index contributed by atoms with van der Waals surface area (Å²) in [4.78, 5) is 21.9. The SMILES string of the molecule is NCC1CCC(C(=O)NC(Cc2ccccc2NS(=O)(=O)c2ccccc2)c2nc(-c3ccc4c(N)n[nH]c4c3)c[nH]2)CC1. The number of fused-ring (bicyclic) bond motifs is 1. The Balaban J connectivity index is 1.29. The third-order valence-electron chi connectivity index (χ3n) is 8.42. The van der Waals surface area contributed by atoms with Crippen molar-refractivity contribution in [2.75, 3.05) is 17.0 Å². The standard InChI is InChI=1S/C32H36N8O3S/c33-18-20-10-12-21(13-11-20)32(41)37-28(31-35-19-29(36-31)23-14-15-25-27(16-23)38-39-30(25)34)17-22-6-4-5-9-26(22)40-44(42,43)24-7-2-1-3-8-24/h1-9,14-16,19-21,28,40H,10-13,17-18,33H2,(H,35,36)(H,37,41)(H3,34,38,39). The van der Waals surface area contributed by atoms with Crippen LogP contribution in [0.5, 0.6) is 0 Å². The Morgan fingerprint density at radius 3 is 2.52 bits per heavy atom. The van der Waals surface area contributed by atoms with Gasteiger partial charge in [0.05, 0.1) is 27.8 Å². The number of hydrogen-bond acceptors (Lipinski definition) is 7. The van der Waals surface area contributed by atoms with Crippen LogP contribution in [0, 0.1) is 11.8 Å². The predicted octanol–water partition coefficient (Wildman–Crippen LogP) is 4.50. The third-order valence-corrected chi connectivity index (χ3v) is 9.80. The van der Waals surface area contributed by atoms with Crippen LogP contribution in [0.15, 0.2) is 83.9 Å². The first-order chi connectivity index (χ1) is 21.3. The predicted molar refractivity (Wildman–Crippen MR) is 171 cm³/mol. The number of nitrogens with one attached hydrogen (secondary N) is 4. The van der Waals surface area contributed by atoms with Crippen molar-refractivity contribution in [3.05, 3.63) is 90.4 Å². The van der Waals surface area contributed by atoms with Gasteiger partial charge in [-0.1, -0.05) is 42.5 Å². The molecule has 5 aromatic rings. The van der Waals surface area contributed by atoms with Gasteiger partial charge in [-0.05, 0) is 74.0 Å². The number of sulfonamides is 1. The minimum atomic E-state index is -3.82. The van der Waals surface area contributed by atoms with Crippen LogP contribution in [0.25, 0.3) is 22.2 Å². The average molecular weight is 613 g/mol. The van der Waals surface area contributed by atoms with E-state index in [2.05, 4.69) is 25.2 Å². The van der Waals surface area contributed by atoms with Crippen LogP contribution in [0.3, 0.4) is 0 Å². The van der Waals surface area contributed by atoms with Crippen LogP contribution in [-0.2, 0) is 21.2 Å². The molecule has 1 saturated carbocycles. The lowest BCUT2D eigenvalue weighted by Gasteiger charge is -2.28. The second-order valence-electron chi connectivity index (χ2n) is 11.3. The van der Waals surface area contributed by atoms with E-state index in [1.54, 1.807) is 48.7 Å². The summed E-state index contributed by atoms with van der Waals surface area (Å²) < 4.78 is 29.1. The van der Waals surface area contributed by atoms with E-state index < -0.39 is 16.1 Å². The van der Waals surface area contributed by atoms with Gasteiger partial charge in [0, 0.05) is 29.5 Å². The maximum atomic E-state index is 13.6. The van der Waals surface area contributed by atoms with Gasteiger partial charge < -0.3 is 21.8 Å². The van der Waals surface area contributed by atoms with Gasteiger partial charge in [0.25, 0.3) is 10.0 Å². The fourth-order valence-electron chi connectivity index (χ4n) is 5.85. The Labute approximate surface area is 255 Å². The minimum Gasteiger partial charge on any atom is -0.382 e. The summed E-state index contributed by atoms with van der Waals surface area (Å²) in [5.74, 6) is 1.29. The Bertz CT molecular complexity index is 1860. The van der Waals surface area contributed by atoms with Crippen LogP contribution in [0.1, 0.15) is 43.1 Å². The van der Waals surface area contributed by atoms with E-state index in [1.807, 2.05) is 30.3 Å². The number of nitrogens with zero attached hydrogens (tertiary/aromatic N) is 2. The van der Waals surface area contributed by atoms with E-state index in [1.165, 1.54) is 0 Å². The molecule has 1 atom stereocenters. The summed E-state index contributed by atoms with van der Waals surface area (Å²) >= 11 is 0. The highest BCUT2D eigenvalue weighted by atomic mass is 32.2. The zero-order valence-corrected chi connectivity index (χ0v) is 25.0. The molecule has 8 N–H and O–H groups in total. The summed E-state index contributed by atoms with van der Waals surface area (Å²) in [6, 6.07) is 20.6. The molecule has 0 radical (unpaired) electrons. The largest absolute Gasteiger partial charge is 0.382 e. The highest BCUT2D eigenvalue weighted by Gasteiger charge is 2.29. The maximum absolute atomic E-state index is 13.6. The third kappa shape index (κ3) is 6.31. The number of hydrogen-bond donors (Lipinski definition) is 6. The van der Waals surface area contributed by atoms with E-state index in [0.717, 1.165) is 47.7 Å². The molecule has 228 valence electrons. The van der Waals surface area contributed by atoms with Gasteiger partial charge in [0.2, 0.25) is 5.91 Å². The van der Waals surface area contributed by atoms with E-state index in [0.29, 0.717) is 41.9 Å². The van der Waals surface area contributed by atoms with E-state index in [-0.39, 0.29) is 16.7 Å². The molecule has 0 bridgehead atoms. The Kier molecular flexibility index (Phi) is 8.36. The van der Waals surface area contributed by atoms with Crippen molar-refractivity contribution in [1.29, 1.82) is 0 Å². The number of para-hydroxylation sites is 1. The number of amides is 1. The number of nitrogens with two attached hydrogens (primary N) is 2. The number of carbonyl (C=O) groups excluding carboxylic acids is 1. The summed E-state index contributed by atoms with van der Waals surface area (Å²) in [6.45, 7) is 0.638. The number of rotatable bonds is 10. The molecule has 2 heterocycles. The van der Waals surface area contributed by atoms with E-state index >= 15 is 0 Å². The fraction of sp³-hybridized carbons (Fsp3) is 0.281. The van der Waals surface area contributed by atoms with Crippen LogP contribution < -0.4 is 21.5 Å². The van der Waals surface area contributed by atoms with Crippen molar-refractivity contribution in [2.24, 2.45) is 17.6 Å². The molecule has 1 aliphatic carbocycles. The van der Waals surface area contributed by atoms with Crippen molar-refractivity contribution in [3.8, 4) is 11.3 Å². The quantitative estimate of drug-likeness (QED) is 0.134. The minimum absolute atomic E-state index is 0.0416. The molecular weight excluding hydrogens is 576 g/mol. The lowest BCUT2D eigenvalue weighted by atomic mass is 9.81. The van der Waals surface area contributed by atoms with E-state index in [9.17, 15) is 13.2 Å². The normalized spacial score (nSPS) is 17.8. The summed E-state index contributed by atoms with van der Waals surface area (Å²) in [6.07, 6.45) is 5.52. The van der Waals surface area contributed by atoms with E-state index in [4.69, 9.17) is 16.5 Å². The van der Waals surface area contributed by atoms with Gasteiger partial charge in [0.1, 0.15) is 5.82 Å². The fourth-order valence-corrected chi connectivity index (χ4v) is 6.97. The monoisotopic (exact) mass is 612 g/mol. The molecule has 0 spiro atoms. The van der Waals surface area contributed by atoms with Gasteiger partial charge >= 0.3 is 0 Å². The smallest absolute Gasteiger partial charge is 0.261 e. The number of H-pyrrole nitrogens is 2. The molecule has 0 aliphatic heterocycles. The van der Waals surface area contributed by atoms with Crippen molar-refractivity contribution >= 4 is 38.3 Å². The van der Waals surface area contributed by atoms with Gasteiger partial charge in [-0.25, -0.2) is 13.4 Å². The van der Waals surface area contributed by atoms with Crippen molar-refractivity contribution in [2.45, 2.75) is 43.0 Å². The van der Waals surface area contributed by atoms with Crippen molar-refractivity contribution < 1.29 is 13.2 Å². The highest BCUT2D eigenvalue weighted by Crippen LogP contribution is 2.31. The zero-order chi connectivity index (χ0) is 30.7. The molecule has 3 aromatic carbocycles. The maximum Gasteiger partial charge on any atom is 0.261 e. The Morgan fingerprint density at radius 1 is 1.00 bits per heavy atom. The number of aromatic nitrogens is 4. The topological polar surface area (TPSA) is 185 Å². The van der Waals surface area contributed by atoms with Gasteiger partial charge in [-0.2, -0.15) is 5.10 Å². The molecule has 1 unspecified atom stereocenters. The van der Waals surface area contributed by atoms with Crippen molar-refractivity contribution in [3.63, 3.8) is 0 Å². The lowest BCUT2D eigenvalue weighted by molar-refractivity contribution is -0.127. The number of benzene rings is 3. The molecule has 1 fully saturated rings. The first-order valence-electron chi connectivity index (χ1n) is 14.8. The number of nitrogen functional groups attached to an aromatic ring is 1. The summed E-state index contributed by atoms with van der Waals surface area (Å²) in [5, 5.41) is 11.1. The Hall–Kier alpha value is -4.68. The number of carbonyl (C=O) groups is 1. The van der Waals surface area contributed by atoms with Gasteiger partial charge in [-0.3, -0.25) is 14.6 Å². The average Bonchev–Trinajstić information content (AvgIpc) is 3.69. The molecule has 6 rings (SSSR count). The molecule has 44 heavy (non-hydrogen) atoms. The van der Waals surface area contributed by atoms with Crippen molar-refractivity contribution in [1.82, 2.24) is 25.5 Å². The first-order valence-corrected chi connectivity index (χ1v) is 16.2. The molecule has 0 saturated heterocycles. The van der Waals surface area contributed by atoms with Gasteiger partial charge in [0.15, 0.2) is 5.82 Å². The summed E-state index contributed by atoms with van der Waals surface area (Å²) in [7, 11) is -3.82. The molecule has 1 amide bonds. The number of anilines is 2. The zero-order valence-electron chi connectivity index (χ0n) is 24.2. The number of aromatic amines is 2. The summed E-state index contributed by atoms with van der Waals surface area (Å²) in [5.41, 5.74) is 15.3. The molecular formula is C32H36N8O3S. The van der Waals surface area contributed by atoms with Crippen LogP contribution >= 0.6 is 0 Å². The second kappa shape index (κ2) is 12.5. The first kappa shape index (κ1) is 29.4. The van der Waals surface area contributed by atoms with Crippen LogP contribution in [-0.4, -0.2) is 41.0 Å². The van der Waals surface area contributed by atoms with Crippen LogP contribution in [0.4, 0.5) is 11.5 Å². The molecule has 11 nitrogen and oxygen atoms in total. The second-order valence-corrected chi connectivity index (χ2v) is 13.0. The van der Waals surface area contributed by atoms with Crippen LogP contribution in [0.2, 0.25) is 0 Å². The lowest BCUT2D eigenvalue weighted by Crippen LogP contribution is -2.37. The molecule has 12 heteroatoms. The molecule has 2 aromatic heterocycles. The highest BCUT2D eigenvalue weighted by molar-refractivity contribution is 7.92. The Morgan fingerprint density at radius 2 is 1.75 bits per heavy atom. The van der Waals surface area contributed by atoms with Gasteiger partial charge in [-0.15, -0.1) is 0 Å².